The van der Waals surface area contributed by atoms with E-state index in [0.29, 0.717) is 0 Å². The fourth-order valence-corrected chi connectivity index (χ4v) is 2.65. The highest BCUT2D eigenvalue weighted by Gasteiger charge is 2.14. The zero-order chi connectivity index (χ0) is 13.1. The van der Waals surface area contributed by atoms with Gasteiger partial charge in [-0.05, 0) is 17.8 Å². The van der Waals surface area contributed by atoms with Crippen molar-refractivity contribution in [1.29, 1.82) is 0 Å². The van der Waals surface area contributed by atoms with Crippen LogP contribution < -0.4 is 0 Å². The molecule has 17 heavy (non-hydrogen) atoms. The van der Waals surface area contributed by atoms with Crippen molar-refractivity contribution in [2.45, 2.75) is 92.4 Å². The maximum atomic E-state index is 2.45. The second kappa shape index (κ2) is 11.1. The summed E-state index contributed by atoms with van der Waals surface area (Å²) in [4.78, 5) is 0. The third-order valence-electron chi connectivity index (χ3n) is 4.23. The third-order valence-corrected chi connectivity index (χ3v) is 4.23. The summed E-state index contributed by atoms with van der Waals surface area (Å²) < 4.78 is 0. The molecule has 0 amide bonds. The van der Waals surface area contributed by atoms with Crippen LogP contribution in [0.2, 0.25) is 0 Å². The number of hydrogen-bond acceptors (Lipinski definition) is 0. The summed E-state index contributed by atoms with van der Waals surface area (Å²) in [7, 11) is 0. The summed E-state index contributed by atoms with van der Waals surface area (Å²) in [5.41, 5.74) is 0. The third kappa shape index (κ3) is 9.68. The first-order valence-corrected chi connectivity index (χ1v) is 8.11. The predicted octanol–water partition coefficient (Wildman–Crippen LogP) is 6.45. The summed E-state index contributed by atoms with van der Waals surface area (Å²) >= 11 is 0. The van der Waals surface area contributed by atoms with Gasteiger partial charge in [0.15, 0.2) is 0 Å². The zero-order valence-corrected chi connectivity index (χ0v) is 13.1. The topological polar surface area (TPSA) is 0 Å². The van der Waals surface area contributed by atoms with Crippen molar-refractivity contribution in [3.8, 4) is 0 Å². The van der Waals surface area contributed by atoms with Crippen LogP contribution in [0.15, 0.2) is 0 Å². The Hall–Kier alpha value is 0. The standard InChI is InChI=1S/C17H36/c1-6-8-13-17(16(5)7-2)14-11-9-10-12-15(3)4/h15-17H,6-14H2,1-5H3. The lowest BCUT2D eigenvalue weighted by Gasteiger charge is -2.23. The van der Waals surface area contributed by atoms with E-state index in [1.54, 1.807) is 0 Å². The molecule has 0 bridgehead atoms. The highest BCUT2D eigenvalue weighted by molar-refractivity contribution is 4.66. The average molecular weight is 240 g/mol. The Morgan fingerprint density at radius 1 is 0.706 bits per heavy atom. The minimum absolute atomic E-state index is 0.889. The van der Waals surface area contributed by atoms with Gasteiger partial charge in [0.2, 0.25) is 0 Å². The molecule has 0 saturated heterocycles. The summed E-state index contributed by atoms with van der Waals surface area (Å²) in [5, 5.41) is 0. The van der Waals surface area contributed by atoms with Crippen LogP contribution in [-0.2, 0) is 0 Å². The van der Waals surface area contributed by atoms with Crippen LogP contribution in [-0.4, -0.2) is 0 Å². The van der Waals surface area contributed by atoms with Gasteiger partial charge in [0.05, 0.1) is 0 Å². The van der Waals surface area contributed by atoms with Crippen molar-refractivity contribution in [1.82, 2.24) is 0 Å². The van der Waals surface area contributed by atoms with Gasteiger partial charge in [-0.15, -0.1) is 0 Å². The molecule has 2 atom stereocenters. The number of unbranched alkanes of at least 4 members (excludes halogenated alkanes) is 3. The van der Waals surface area contributed by atoms with E-state index in [-0.39, 0.29) is 0 Å². The molecule has 0 aliphatic carbocycles. The average Bonchev–Trinajstić information content (AvgIpc) is 2.31. The van der Waals surface area contributed by atoms with Crippen LogP contribution in [0.3, 0.4) is 0 Å². The van der Waals surface area contributed by atoms with E-state index in [0.717, 1.165) is 17.8 Å². The fourth-order valence-electron chi connectivity index (χ4n) is 2.65. The van der Waals surface area contributed by atoms with E-state index < -0.39 is 0 Å². The molecule has 0 radical (unpaired) electrons. The fraction of sp³-hybridized carbons (Fsp3) is 1.00. The molecule has 0 aromatic heterocycles. The first-order valence-electron chi connectivity index (χ1n) is 8.11. The molecular formula is C17H36. The molecule has 0 heteroatoms. The van der Waals surface area contributed by atoms with E-state index in [1.165, 1.54) is 57.8 Å². The molecule has 2 unspecified atom stereocenters. The molecule has 0 N–H and O–H groups in total. The smallest absolute Gasteiger partial charge is 0.0389 e. The quantitative estimate of drug-likeness (QED) is 0.364. The zero-order valence-electron chi connectivity index (χ0n) is 13.1. The molecule has 104 valence electrons. The van der Waals surface area contributed by atoms with Gasteiger partial charge in [-0.25, -0.2) is 0 Å². The molecule has 0 spiro atoms. The van der Waals surface area contributed by atoms with Gasteiger partial charge in [-0.3, -0.25) is 0 Å². The Kier molecular flexibility index (Phi) is 11.1. The van der Waals surface area contributed by atoms with Crippen molar-refractivity contribution in [2.75, 3.05) is 0 Å². The normalized spacial score (nSPS) is 15.2. The minimum atomic E-state index is 0.889. The van der Waals surface area contributed by atoms with Gasteiger partial charge in [0.25, 0.3) is 0 Å². The van der Waals surface area contributed by atoms with Gasteiger partial charge >= 0.3 is 0 Å². The Labute approximate surface area is 111 Å². The molecule has 0 heterocycles. The van der Waals surface area contributed by atoms with Crippen LogP contribution in [0.1, 0.15) is 92.4 Å². The molecule has 0 aromatic rings. The first kappa shape index (κ1) is 17.0. The van der Waals surface area contributed by atoms with Crippen molar-refractivity contribution in [3.63, 3.8) is 0 Å². The van der Waals surface area contributed by atoms with Gasteiger partial charge in [0, 0.05) is 0 Å². The van der Waals surface area contributed by atoms with Gasteiger partial charge in [-0.2, -0.15) is 0 Å². The maximum absolute atomic E-state index is 2.45. The monoisotopic (exact) mass is 240 g/mol. The molecule has 0 saturated carbocycles. The molecule has 0 nitrogen and oxygen atoms in total. The van der Waals surface area contributed by atoms with Crippen LogP contribution in [0.4, 0.5) is 0 Å². The first-order chi connectivity index (χ1) is 8.11. The van der Waals surface area contributed by atoms with E-state index in [9.17, 15) is 0 Å². The maximum Gasteiger partial charge on any atom is -0.0389 e. The summed E-state index contributed by atoms with van der Waals surface area (Å²) in [6.45, 7) is 11.8. The van der Waals surface area contributed by atoms with E-state index in [4.69, 9.17) is 0 Å². The van der Waals surface area contributed by atoms with Crippen LogP contribution in [0.5, 0.6) is 0 Å². The predicted molar refractivity (Wildman–Crippen MR) is 80.4 cm³/mol. The Bertz CT molecular complexity index is 148. The van der Waals surface area contributed by atoms with E-state index in [2.05, 4.69) is 34.6 Å². The van der Waals surface area contributed by atoms with Crippen molar-refractivity contribution in [2.24, 2.45) is 17.8 Å². The Morgan fingerprint density at radius 2 is 1.29 bits per heavy atom. The summed E-state index contributed by atoms with van der Waals surface area (Å²) in [5.74, 6) is 2.83. The van der Waals surface area contributed by atoms with Crippen molar-refractivity contribution in [3.05, 3.63) is 0 Å². The second-order valence-corrected chi connectivity index (χ2v) is 6.32. The molecule has 0 aliphatic heterocycles. The van der Waals surface area contributed by atoms with Crippen LogP contribution >= 0.6 is 0 Å². The largest absolute Gasteiger partial charge is 0.0654 e. The van der Waals surface area contributed by atoms with Gasteiger partial charge in [-0.1, -0.05) is 92.4 Å². The Balaban J connectivity index is 3.67. The second-order valence-electron chi connectivity index (χ2n) is 6.32. The lowest BCUT2D eigenvalue weighted by Crippen LogP contribution is -2.11. The van der Waals surface area contributed by atoms with Gasteiger partial charge in [0.1, 0.15) is 0 Å². The molecular weight excluding hydrogens is 204 g/mol. The SMILES string of the molecule is CCCCC(CCCCCC(C)C)C(C)CC. The van der Waals surface area contributed by atoms with Crippen LogP contribution in [0.25, 0.3) is 0 Å². The highest BCUT2D eigenvalue weighted by atomic mass is 14.2. The lowest BCUT2D eigenvalue weighted by atomic mass is 9.83. The van der Waals surface area contributed by atoms with E-state index in [1.807, 2.05) is 0 Å². The minimum Gasteiger partial charge on any atom is -0.0654 e. The molecule has 0 fully saturated rings. The molecule has 0 rings (SSSR count). The Morgan fingerprint density at radius 3 is 1.82 bits per heavy atom. The molecule has 0 aliphatic rings. The molecule has 0 aromatic carbocycles. The van der Waals surface area contributed by atoms with Crippen molar-refractivity contribution < 1.29 is 0 Å². The van der Waals surface area contributed by atoms with E-state index >= 15 is 0 Å². The highest BCUT2D eigenvalue weighted by Crippen LogP contribution is 2.27. The summed E-state index contributed by atoms with van der Waals surface area (Å²) in [6.07, 6.45) is 12.9. The van der Waals surface area contributed by atoms with Crippen molar-refractivity contribution >= 4 is 0 Å². The summed E-state index contributed by atoms with van der Waals surface area (Å²) in [6, 6.07) is 0. The number of rotatable bonds is 11. The van der Waals surface area contributed by atoms with Crippen LogP contribution in [0, 0.1) is 17.8 Å². The number of hydrogen-bond donors (Lipinski definition) is 0. The van der Waals surface area contributed by atoms with Gasteiger partial charge < -0.3 is 0 Å². The lowest BCUT2D eigenvalue weighted by molar-refractivity contribution is 0.290.